The van der Waals surface area contributed by atoms with Crippen molar-refractivity contribution in [2.24, 2.45) is 7.05 Å². The van der Waals surface area contributed by atoms with Crippen LogP contribution in [0.25, 0.3) is 0 Å². The molecule has 1 amide bonds. The monoisotopic (exact) mass is 292 g/mol. The number of hydrogen-bond acceptors (Lipinski definition) is 3. The summed E-state index contributed by atoms with van der Waals surface area (Å²) in [5.74, 6) is -0.202. The van der Waals surface area contributed by atoms with Crippen molar-refractivity contribution in [1.29, 1.82) is 0 Å². The summed E-state index contributed by atoms with van der Waals surface area (Å²) in [4.78, 5) is 26.4. The SMILES string of the molecule is CCN(CC1CCCCO1)C(=O)c1cn(C)c(C)cc1=O. The molecule has 1 unspecified atom stereocenters. The highest BCUT2D eigenvalue weighted by atomic mass is 16.5. The van der Waals surface area contributed by atoms with Crippen molar-refractivity contribution in [2.45, 2.75) is 39.2 Å². The molecule has 0 bridgehead atoms. The van der Waals surface area contributed by atoms with E-state index < -0.39 is 0 Å². The molecule has 0 radical (unpaired) electrons. The lowest BCUT2D eigenvalue weighted by Gasteiger charge is -2.29. The van der Waals surface area contributed by atoms with Crippen LogP contribution in [0.1, 0.15) is 42.2 Å². The van der Waals surface area contributed by atoms with Gasteiger partial charge in [0.2, 0.25) is 0 Å². The van der Waals surface area contributed by atoms with Gasteiger partial charge in [-0.1, -0.05) is 0 Å². The second-order valence-electron chi connectivity index (χ2n) is 5.64. The van der Waals surface area contributed by atoms with Gasteiger partial charge in [0.05, 0.1) is 6.10 Å². The Labute approximate surface area is 125 Å². The molecule has 2 rings (SSSR count). The van der Waals surface area contributed by atoms with Gasteiger partial charge in [0.25, 0.3) is 5.91 Å². The van der Waals surface area contributed by atoms with Gasteiger partial charge in [0.1, 0.15) is 5.56 Å². The van der Waals surface area contributed by atoms with E-state index in [9.17, 15) is 9.59 Å². The number of nitrogens with zero attached hydrogens (tertiary/aromatic N) is 2. The molecule has 0 aliphatic carbocycles. The molecule has 1 fully saturated rings. The molecule has 5 heteroatoms. The Bertz CT molecular complexity index is 559. The zero-order valence-corrected chi connectivity index (χ0v) is 13.1. The van der Waals surface area contributed by atoms with Crippen LogP contribution < -0.4 is 5.43 Å². The molecule has 0 saturated carbocycles. The van der Waals surface area contributed by atoms with Gasteiger partial charge in [-0.2, -0.15) is 0 Å². The number of carbonyl (C=O) groups excluding carboxylic acids is 1. The molecule has 1 saturated heterocycles. The maximum absolute atomic E-state index is 12.6. The standard InChI is InChI=1S/C16H24N2O3/c1-4-18(10-13-7-5-6-8-21-13)16(20)14-11-17(3)12(2)9-15(14)19/h9,11,13H,4-8,10H2,1-3H3. The zero-order valence-electron chi connectivity index (χ0n) is 13.1. The quantitative estimate of drug-likeness (QED) is 0.849. The maximum atomic E-state index is 12.6. The van der Waals surface area contributed by atoms with Crippen LogP contribution in [-0.2, 0) is 11.8 Å². The number of aryl methyl sites for hydroxylation is 2. The highest BCUT2D eigenvalue weighted by Gasteiger charge is 2.23. The van der Waals surface area contributed by atoms with Crippen LogP contribution in [0.3, 0.4) is 0 Å². The number of aromatic nitrogens is 1. The predicted molar refractivity (Wildman–Crippen MR) is 81.6 cm³/mol. The summed E-state index contributed by atoms with van der Waals surface area (Å²) in [5, 5.41) is 0. The van der Waals surface area contributed by atoms with Crippen LogP contribution in [0.5, 0.6) is 0 Å². The minimum absolute atomic E-state index is 0.0944. The van der Waals surface area contributed by atoms with E-state index in [2.05, 4.69) is 0 Å². The zero-order chi connectivity index (χ0) is 15.4. The van der Waals surface area contributed by atoms with Crippen LogP contribution >= 0.6 is 0 Å². The molecule has 1 aromatic rings. The van der Waals surface area contributed by atoms with Gasteiger partial charge in [0.15, 0.2) is 5.43 Å². The summed E-state index contributed by atoms with van der Waals surface area (Å²) < 4.78 is 7.50. The van der Waals surface area contributed by atoms with E-state index in [0.717, 1.165) is 31.6 Å². The predicted octanol–water partition coefficient (Wildman–Crippen LogP) is 1.72. The molecule has 1 aromatic heterocycles. The van der Waals surface area contributed by atoms with Crippen LogP contribution in [0.2, 0.25) is 0 Å². The second kappa shape index (κ2) is 6.89. The minimum Gasteiger partial charge on any atom is -0.376 e. The Balaban J connectivity index is 2.16. The van der Waals surface area contributed by atoms with Gasteiger partial charge in [-0.3, -0.25) is 9.59 Å². The fourth-order valence-electron chi connectivity index (χ4n) is 2.61. The van der Waals surface area contributed by atoms with Crippen molar-refractivity contribution < 1.29 is 9.53 Å². The van der Waals surface area contributed by atoms with Gasteiger partial charge in [-0.15, -0.1) is 0 Å². The first-order chi connectivity index (χ1) is 10.0. The summed E-state index contributed by atoms with van der Waals surface area (Å²) in [6.07, 6.45) is 4.94. The van der Waals surface area contributed by atoms with Crippen molar-refractivity contribution in [3.8, 4) is 0 Å². The van der Waals surface area contributed by atoms with E-state index in [1.807, 2.05) is 20.9 Å². The van der Waals surface area contributed by atoms with Crippen LogP contribution in [0.4, 0.5) is 0 Å². The van der Waals surface area contributed by atoms with Gasteiger partial charge in [-0.25, -0.2) is 0 Å². The molecular formula is C16H24N2O3. The summed E-state index contributed by atoms with van der Waals surface area (Å²) in [5.41, 5.74) is 0.870. The van der Waals surface area contributed by atoms with Crippen molar-refractivity contribution in [3.05, 3.63) is 33.7 Å². The third kappa shape index (κ3) is 3.73. The normalized spacial score (nSPS) is 18.5. The Morgan fingerprint density at radius 2 is 2.24 bits per heavy atom. The minimum atomic E-state index is -0.210. The molecule has 0 N–H and O–H groups in total. The molecule has 0 spiro atoms. The van der Waals surface area contributed by atoms with Crippen molar-refractivity contribution >= 4 is 5.91 Å². The lowest BCUT2D eigenvalue weighted by atomic mass is 10.1. The maximum Gasteiger partial charge on any atom is 0.259 e. The Kier molecular flexibility index (Phi) is 5.17. The van der Waals surface area contributed by atoms with Crippen LogP contribution in [-0.4, -0.2) is 41.2 Å². The first-order valence-electron chi connectivity index (χ1n) is 7.61. The van der Waals surface area contributed by atoms with Gasteiger partial charge >= 0.3 is 0 Å². The van der Waals surface area contributed by atoms with E-state index in [4.69, 9.17) is 4.74 Å². The van der Waals surface area contributed by atoms with E-state index in [-0.39, 0.29) is 23.0 Å². The number of likely N-dealkylation sites (N-methyl/N-ethyl adjacent to an activating group) is 1. The average molecular weight is 292 g/mol. The highest BCUT2D eigenvalue weighted by molar-refractivity contribution is 5.93. The number of carbonyl (C=O) groups is 1. The summed E-state index contributed by atoms with van der Waals surface area (Å²) >= 11 is 0. The lowest BCUT2D eigenvalue weighted by Crippen LogP contribution is -2.41. The fourth-order valence-corrected chi connectivity index (χ4v) is 2.61. The number of pyridine rings is 1. The Morgan fingerprint density at radius 1 is 1.48 bits per heavy atom. The number of rotatable bonds is 4. The number of amides is 1. The molecule has 1 aliphatic heterocycles. The fraction of sp³-hybridized carbons (Fsp3) is 0.625. The van der Waals surface area contributed by atoms with Gasteiger partial charge in [-0.05, 0) is 33.1 Å². The highest BCUT2D eigenvalue weighted by Crippen LogP contribution is 2.14. The molecule has 5 nitrogen and oxygen atoms in total. The molecule has 21 heavy (non-hydrogen) atoms. The second-order valence-corrected chi connectivity index (χ2v) is 5.64. The Hall–Kier alpha value is -1.62. The molecule has 2 heterocycles. The van der Waals surface area contributed by atoms with Crippen molar-refractivity contribution in [1.82, 2.24) is 9.47 Å². The molecule has 0 aromatic carbocycles. The van der Waals surface area contributed by atoms with E-state index in [0.29, 0.717) is 13.1 Å². The third-order valence-electron chi connectivity index (χ3n) is 4.08. The first kappa shape index (κ1) is 15.8. The van der Waals surface area contributed by atoms with E-state index in [1.54, 1.807) is 15.7 Å². The smallest absolute Gasteiger partial charge is 0.259 e. The van der Waals surface area contributed by atoms with Gasteiger partial charge in [0, 0.05) is 44.7 Å². The molecule has 1 atom stereocenters. The van der Waals surface area contributed by atoms with E-state index >= 15 is 0 Å². The summed E-state index contributed by atoms with van der Waals surface area (Å²) in [6.45, 7) is 5.69. The van der Waals surface area contributed by atoms with Crippen molar-refractivity contribution in [2.75, 3.05) is 19.7 Å². The Morgan fingerprint density at radius 3 is 2.86 bits per heavy atom. The van der Waals surface area contributed by atoms with Crippen LogP contribution in [0, 0.1) is 6.92 Å². The van der Waals surface area contributed by atoms with Crippen LogP contribution in [0.15, 0.2) is 17.1 Å². The van der Waals surface area contributed by atoms with Crippen molar-refractivity contribution in [3.63, 3.8) is 0 Å². The largest absolute Gasteiger partial charge is 0.376 e. The topological polar surface area (TPSA) is 51.5 Å². The number of ether oxygens (including phenoxy) is 1. The molecule has 1 aliphatic rings. The number of hydrogen-bond donors (Lipinski definition) is 0. The average Bonchev–Trinajstić information content (AvgIpc) is 2.49. The third-order valence-corrected chi connectivity index (χ3v) is 4.08. The summed E-state index contributed by atoms with van der Waals surface area (Å²) in [7, 11) is 1.84. The van der Waals surface area contributed by atoms with Gasteiger partial charge < -0.3 is 14.2 Å². The first-order valence-corrected chi connectivity index (χ1v) is 7.61. The molecule has 116 valence electrons. The van der Waals surface area contributed by atoms with E-state index in [1.165, 1.54) is 6.07 Å². The lowest BCUT2D eigenvalue weighted by molar-refractivity contribution is -0.00315. The summed E-state index contributed by atoms with van der Waals surface area (Å²) in [6, 6.07) is 1.51. The molecular weight excluding hydrogens is 268 g/mol.